The first-order chi connectivity index (χ1) is 14.7. The lowest BCUT2D eigenvalue weighted by atomic mass is 9.94. The van der Waals surface area contributed by atoms with Crippen LogP contribution in [0.5, 0.6) is 5.75 Å². The Morgan fingerprint density at radius 2 is 2.00 bits per heavy atom. The van der Waals surface area contributed by atoms with Gasteiger partial charge in [-0.05, 0) is 68.6 Å². The molecule has 156 valence electrons. The maximum atomic E-state index is 5.35. The molecule has 3 heterocycles. The zero-order valence-corrected chi connectivity index (χ0v) is 17.6. The monoisotopic (exact) mass is 403 g/mol. The number of rotatable bonds is 6. The van der Waals surface area contributed by atoms with Gasteiger partial charge in [-0.3, -0.25) is 4.90 Å². The van der Waals surface area contributed by atoms with Crippen molar-refractivity contribution in [3.8, 4) is 5.75 Å². The summed E-state index contributed by atoms with van der Waals surface area (Å²) < 4.78 is 5.35. The van der Waals surface area contributed by atoms with Crippen molar-refractivity contribution in [2.75, 3.05) is 32.1 Å². The number of fused-ring (bicyclic) bond motifs is 2. The van der Waals surface area contributed by atoms with Crippen LogP contribution in [0.3, 0.4) is 0 Å². The Kier molecular flexibility index (Phi) is 5.09. The summed E-state index contributed by atoms with van der Waals surface area (Å²) in [7, 11) is 1.71. The molecule has 2 aromatic carbocycles. The highest BCUT2D eigenvalue weighted by Gasteiger charge is 2.25. The Bertz CT molecular complexity index is 1110. The molecule has 0 bridgehead atoms. The first kappa shape index (κ1) is 19.0. The molecule has 6 nitrogen and oxygen atoms in total. The second-order valence-electron chi connectivity index (χ2n) is 8.29. The van der Waals surface area contributed by atoms with Gasteiger partial charge in [-0.25, -0.2) is 4.98 Å². The van der Waals surface area contributed by atoms with E-state index in [1.54, 1.807) is 7.11 Å². The highest BCUT2D eigenvalue weighted by molar-refractivity contribution is 5.85. The van der Waals surface area contributed by atoms with Crippen LogP contribution in [0.25, 0.3) is 21.9 Å². The highest BCUT2D eigenvalue weighted by Crippen LogP contribution is 2.32. The van der Waals surface area contributed by atoms with Gasteiger partial charge in [0.15, 0.2) is 0 Å². The Balaban J connectivity index is 1.18. The fraction of sp³-hybridized carbons (Fsp3) is 0.375. The lowest BCUT2D eigenvalue weighted by Gasteiger charge is -2.36. The number of benzene rings is 2. The molecule has 1 unspecified atom stereocenters. The van der Waals surface area contributed by atoms with Crippen LogP contribution in [0.2, 0.25) is 0 Å². The fourth-order valence-electron chi connectivity index (χ4n) is 4.62. The summed E-state index contributed by atoms with van der Waals surface area (Å²) in [6, 6.07) is 14.8. The highest BCUT2D eigenvalue weighted by atomic mass is 16.5. The minimum Gasteiger partial charge on any atom is -0.497 e. The summed E-state index contributed by atoms with van der Waals surface area (Å²) in [6.07, 6.45) is 4.56. The van der Waals surface area contributed by atoms with E-state index in [0.717, 1.165) is 47.9 Å². The van der Waals surface area contributed by atoms with Crippen LogP contribution >= 0.6 is 0 Å². The standard InChI is InChI=1S/C24H29N5O/c1-16(20-15-25-23-13-18(30-2)7-8-19(20)23)29-11-9-17(10-12-29)14-26-24-27-21-5-3-4-6-22(21)28-24/h3-8,13,15-17,25H,9-12,14H2,1-2H3,(H2,26,27,28). The molecule has 4 aromatic rings. The number of para-hydroxylation sites is 2. The first-order valence-corrected chi connectivity index (χ1v) is 10.8. The summed E-state index contributed by atoms with van der Waals surface area (Å²) in [5.74, 6) is 2.44. The number of piperidine rings is 1. The quantitative estimate of drug-likeness (QED) is 0.427. The average Bonchev–Trinajstić information content (AvgIpc) is 3.40. The molecule has 1 saturated heterocycles. The summed E-state index contributed by atoms with van der Waals surface area (Å²) in [5, 5.41) is 4.80. The number of hydrogen-bond donors (Lipinski definition) is 3. The van der Waals surface area contributed by atoms with Gasteiger partial charge in [-0.15, -0.1) is 0 Å². The lowest BCUT2D eigenvalue weighted by molar-refractivity contribution is 0.146. The van der Waals surface area contributed by atoms with Crippen molar-refractivity contribution in [2.45, 2.75) is 25.8 Å². The lowest BCUT2D eigenvalue weighted by Crippen LogP contribution is -2.37. The summed E-state index contributed by atoms with van der Waals surface area (Å²) >= 11 is 0. The smallest absolute Gasteiger partial charge is 0.201 e. The van der Waals surface area contributed by atoms with Crippen LogP contribution in [0.15, 0.2) is 48.7 Å². The average molecular weight is 404 g/mol. The number of H-pyrrole nitrogens is 2. The number of ether oxygens (including phenoxy) is 1. The Morgan fingerprint density at radius 1 is 1.17 bits per heavy atom. The number of aromatic amines is 2. The van der Waals surface area contributed by atoms with Crippen molar-refractivity contribution >= 4 is 27.9 Å². The molecular formula is C24H29N5O. The van der Waals surface area contributed by atoms with Crippen LogP contribution in [0, 0.1) is 5.92 Å². The van der Waals surface area contributed by atoms with Gasteiger partial charge in [0.05, 0.1) is 18.1 Å². The number of nitrogens with one attached hydrogen (secondary N) is 3. The van der Waals surface area contributed by atoms with Gasteiger partial charge in [-0.2, -0.15) is 0 Å². The van der Waals surface area contributed by atoms with E-state index in [-0.39, 0.29) is 0 Å². The third-order valence-corrected chi connectivity index (χ3v) is 6.52. The van der Waals surface area contributed by atoms with Gasteiger partial charge in [0.1, 0.15) is 5.75 Å². The van der Waals surface area contributed by atoms with Gasteiger partial charge < -0.3 is 20.0 Å². The second-order valence-corrected chi connectivity index (χ2v) is 8.29. The zero-order valence-electron chi connectivity index (χ0n) is 17.6. The molecule has 3 N–H and O–H groups in total. The zero-order chi connectivity index (χ0) is 20.5. The summed E-state index contributed by atoms with van der Waals surface area (Å²) in [6.45, 7) is 5.53. The van der Waals surface area contributed by atoms with Gasteiger partial charge in [0.25, 0.3) is 0 Å². The maximum absolute atomic E-state index is 5.35. The van der Waals surface area contributed by atoms with Crippen LogP contribution in [0.4, 0.5) is 5.95 Å². The number of methoxy groups -OCH3 is 1. The molecule has 1 atom stereocenters. The Morgan fingerprint density at radius 3 is 2.80 bits per heavy atom. The Hall–Kier alpha value is -2.99. The van der Waals surface area contributed by atoms with E-state index in [1.165, 1.54) is 23.8 Å². The molecule has 2 aromatic heterocycles. The van der Waals surface area contributed by atoms with E-state index in [0.29, 0.717) is 12.0 Å². The topological polar surface area (TPSA) is 69.0 Å². The molecule has 30 heavy (non-hydrogen) atoms. The number of aromatic nitrogens is 3. The predicted octanol–water partition coefficient (Wildman–Crippen LogP) is 4.94. The number of anilines is 1. The van der Waals surface area contributed by atoms with Crippen molar-refractivity contribution in [1.82, 2.24) is 19.9 Å². The van der Waals surface area contributed by atoms with Crippen molar-refractivity contribution in [3.63, 3.8) is 0 Å². The van der Waals surface area contributed by atoms with Crippen molar-refractivity contribution < 1.29 is 4.74 Å². The minimum atomic E-state index is 0.399. The molecule has 0 saturated carbocycles. The molecule has 0 amide bonds. The molecule has 0 radical (unpaired) electrons. The van der Waals surface area contributed by atoms with E-state index >= 15 is 0 Å². The van der Waals surface area contributed by atoms with Crippen LogP contribution in [-0.2, 0) is 0 Å². The second kappa shape index (κ2) is 8.03. The van der Waals surface area contributed by atoms with Crippen LogP contribution in [0.1, 0.15) is 31.4 Å². The molecule has 6 heteroatoms. The normalized spacial score (nSPS) is 16.9. The summed E-state index contributed by atoms with van der Waals surface area (Å²) in [5.41, 5.74) is 4.60. The van der Waals surface area contributed by atoms with Crippen molar-refractivity contribution in [1.29, 1.82) is 0 Å². The van der Waals surface area contributed by atoms with E-state index < -0.39 is 0 Å². The third-order valence-electron chi connectivity index (χ3n) is 6.52. The molecule has 0 spiro atoms. The molecule has 1 aliphatic rings. The molecule has 1 aliphatic heterocycles. The van der Waals surface area contributed by atoms with Crippen LogP contribution < -0.4 is 10.1 Å². The maximum Gasteiger partial charge on any atom is 0.201 e. The molecule has 1 fully saturated rings. The first-order valence-electron chi connectivity index (χ1n) is 10.8. The molecular weight excluding hydrogens is 374 g/mol. The third kappa shape index (κ3) is 3.63. The van der Waals surface area contributed by atoms with E-state index in [4.69, 9.17) is 4.74 Å². The fourth-order valence-corrected chi connectivity index (χ4v) is 4.62. The van der Waals surface area contributed by atoms with Gasteiger partial charge in [0, 0.05) is 35.8 Å². The van der Waals surface area contributed by atoms with Crippen LogP contribution in [-0.4, -0.2) is 46.6 Å². The minimum absolute atomic E-state index is 0.399. The SMILES string of the molecule is COc1ccc2c(C(C)N3CCC(CNc4nc5ccccc5[nH]4)CC3)c[nH]c2c1. The predicted molar refractivity (Wildman–Crippen MR) is 122 cm³/mol. The van der Waals surface area contributed by atoms with Crippen molar-refractivity contribution in [2.24, 2.45) is 5.92 Å². The number of likely N-dealkylation sites (tertiary alicyclic amines) is 1. The molecule has 5 rings (SSSR count). The van der Waals surface area contributed by atoms with Crippen molar-refractivity contribution in [3.05, 3.63) is 54.2 Å². The van der Waals surface area contributed by atoms with E-state index in [1.807, 2.05) is 24.3 Å². The van der Waals surface area contributed by atoms with Gasteiger partial charge >= 0.3 is 0 Å². The van der Waals surface area contributed by atoms with Gasteiger partial charge in [0.2, 0.25) is 5.95 Å². The number of nitrogens with zero attached hydrogens (tertiary/aromatic N) is 2. The summed E-state index contributed by atoms with van der Waals surface area (Å²) in [4.78, 5) is 14.0. The van der Waals surface area contributed by atoms with E-state index in [2.05, 4.69) is 56.5 Å². The number of imidazole rings is 1. The largest absolute Gasteiger partial charge is 0.497 e. The number of hydrogen-bond acceptors (Lipinski definition) is 4. The van der Waals surface area contributed by atoms with E-state index in [9.17, 15) is 0 Å². The molecule has 0 aliphatic carbocycles. The Labute approximate surface area is 176 Å². The van der Waals surface area contributed by atoms with Gasteiger partial charge in [-0.1, -0.05) is 12.1 Å².